The Hall–Kier alpha value is -3.88. The van der Waals surface area contributed by atoms with Gasteiger partial charge in [-0.25, -0.2) is 4.68 Å². The minimum Gasteiger partial charge on any atom is -0.388 e. The smallest absolute Gasteiger partial charge is 0.257 e. The molecule has 174 valence electrons. The number of nitrogens with two attached hydrogens (primary N) is 1. The number of benzene rings is 2. The van der Waals surface area contributed by atoms with Gasteiger partial charge in [-0.05, 0) is 41.5 Å². The fourth-order valence-corrected chi connectivity index (χ4v) is 3.85. The first kappa shape index (κ1) is 23.3. The minimum absolute atomic E-state index is 0.00136. The fraction of sp³-hybridized carbons (Fsp3) is 0.160. The first-order valence-corrected chi connectivity index (χ1v) is 11.0. The van der Waals surface area contributed by atoms with Crippen molar-refractivity contribution in [2.45, 2.75) is 18.9 Å². The first-order valence-electron chi connectivity index (χ1n) is 10.7. The van der Waals surface area contributed by atoms with E-state index in [1.165, 1.54) is 6.34 Å². The molecule has 2 heterocycles. The van der Waals surface area contributed by atoms with Crippen molar-refractivity contribution < 1.29 is 9.90 Å². The van der Waals surface area contributed by atoms with Crippen molar-refractivity contribution in [3.05, 3.63) is 95.0 Å². The number of hydrogen-bond donors (Lipinski definition) is 3. The molecule has 4 aromatic rings. The van der Waals surface area contributed by atoms with Gasteiger partial charge in [0.15, 0.2) is 6.10 Å². The average molecular weight is 477 g/mol. The van der Waals surface area contributed by atoms with E-state index in [1.807, 2.05) is 31.6 Å². The van der Waals surface area contributed by atoms with E-state index in [0.29, 0.717) is 16.3 Å². The molecule has 2 aromatic carbocycles. The molecule has 8 nitrogen and oxygen atoms in total. The summed E-state index contributed by atoms with van der Waals surface area (Å²) in [6.45, 7) is 2.07. The number of anilines is 1. The lowest BCUT2D eigenvalue weighted by Gasteiger charge is -2.15. The van der Waals surface area contributed by atoms with Gasteiger partial charge in [-0.15, -0.1) is 0 Å². The number of rotatable bonds is 7. The lowest BCUT2D eigenvalue weighted by molar-refractivity contribution is -0.124. The Kier molecular flexibility index (Phi) is 6.81. The molecule has 4 rings (SSSR count). The van der Waals surface area contributed by atoms with Crippen LogP contribution in [0.4, 0.5) is 5.69 Å². The molecular formula is C25H25ClN6O2. The zero-order valence-electron chi connectivity index (χ0n) is 18.8. The van der Waals surface area contributed by atoms with E-state index >= 15 is 0 Å². The Bertz CT molecular complexity index is 1310. The number of aliphatic hydroxyl groups excluding tert-OH is 1. The van der Waals surface area contributed by atoms with E-state index in [9.17, 15) is 9.90 Å². The summed E-state index contributed by atoms with van der Waals surface area (Å²) in [5.41, 5.74) is 10.6. The van der Waals surface area contributed by atoms with E-state index in [-0.39, 0.29) is 5.92 Å². The van der Waals surface area contributed by atoms with Gasteiger partial charge in [0.1, 0.15) is 6.34 Å². The summed E-state index contributed by atoms with van der Waals surface area (Å²) in [6.07, 6.45) is 5.62. The lowest BCUT2D eigenvalue weighted by atomic mass is 9.97. The van der Waals surface area contributed by atoms with E-state index in [0.717, 1.165) is 22.4 Å². The molecule has 2 aromatic heterocycles. The number of nitrogens with one attached hydrogen (secondary N) is 1. The summed E-state index contributed by atoms with van der Waals surface area (Å²) >= 11 is 5.87. The van der Waals surface area contributed by atoms with Gasteiger partial charge >= 0.3 is 0 Å². The number of carbonyl (C=O) groups is 1. The highest BCUT2D eigenvalue weighted by atomic mass is 35.5. The molecule has 0 spiro atoms. The Morgan fingerprint density at radius 3 is 2.41 bits per heavy atom. The van der Waals surface area contributed by atoms with Gasteiger partial charge in [-0.3, -0.25) is 9.48 Å². The molecule has 0 saturated carbocycles. The molecule has 4 N–H and O–H groups in total. The van der Waals surface area contributed by atoms with Crippen LogP contribution in [0.1, 0.15) is 35.8 Å². The highest BCUT2D eigenvalue weighted by Crippen LogP contribution is 2.31. The third-order valence-electron chi connectivity index (χ3n) is 5.61. The maximum atomic E-state index is 12.5. The zero-order valence-corrected chi connectivity index (χ0v) is 19.5. The predicted octanol–water partition coefficient (Wildman–Crippen LogP) is 4.12. The molecule has 2 atom stereocenters. The van der Waals surface area contributed by atoms with Gasteiger partial charge in [0.05, 0.1) is 6.20 Å². The van der Waals surface area contributed by atoms with Crippen molar-refractivity contribution in [2.75, 3.05) is 5.32 Å². The minimum atomic E-state index is -1.29. The summed E-state index contributed by atoms with van der Waals surface area (Å²) in [7, 11) is 1.87. The first-order chi connectivity index (χ1) is 16.4. The number of aliphatic hydroxyl groups is 1. The van der Waals surface area contributed by atoms with Gasteiger partial charge in [-0.2, -0.15) is 10.2 Å². The molecule has 0 aliphatic heterocycles. The van der Waals surface area contributed by atoms with E-state index < -0.39 is 12.0 Å². The number of hydrogen-bond acceptors (Lipinski definition) is 4. The Morgan fingerprint density at radius 1 is 1.12 bits per heavy atom. The number of aromatic nitrogens is 3. The predicted molar refractivity (Wildman–Crippen MR) is 134 cm³/mol. The van der Waals surface area contributed by atoms with E-state index in [4.69, 9.17) is 17.3 Å². The van der Waals surface area contributed by atoms with Crippen molar-refractivity contribution in [1.29, 1.82) is 0 Å². The number of nitrogens with zero attached hydrogens (tertiary/aromatic N) is 4. The van der Waals surface area contributed by atoms with Crippen molar-refractivity contribution >= 4 is 29.5 Å². The van der Waals surface area contributed by atoms with Crippen molar-refractivity contribution in [3.8, 4) is 11.1 Å². The normalized spacial score (nSPS) is 13.2. The molecule has 0 aliphatic rings. The molecule has 9 heteroatoms. The second-order valence-electron chi connectivity index (χ2n) is 7.95. The van der Waals surface area contributed by atoms with Crippen LogP contribution in [0.15, 0.2) is 78.3 Å². The molecule has 1 amide bonds. The number of carbonyl (C=O) groups excluding carboxylic acids is 1. The van der Waals surface area contributed by atoms with Gasteiger partial charge < -0.3 is 16.2 Å². The van der Waals surface area contributed by atoms with Crippen LogP contribution in [0.5, 0.6) is 0 Å². The van der Waals surface area contributed by atoms with Gasteiger partial charge in [0.25, 0.3) is 5.91 Å². The van der Waals surface area contributed by atoms with E-state index in [2.05, 4.69) is 28.5 Å². The maximum Gasteiger partial charge on any atom is 0.257 e. The van der Waals surface area contributed by atoms with Crippen LogP contribution in [0.3, 0.4) is 0 Å². The summed E-state index contributed by atoms with van der Waals surface area (Å²) in [4.78, 5) is 12.5. The second kappa shape index (κ2) is 9.94. The highest BCUT2D eigenvalue weighted by Gasteiger charge is 2.19. The van der Waals surface area contributed by atoms with Crippen LogP contribution < -0.4 is 11.1 Å². The number of aryl methyl sites for hydroxylation is 1. The molecule has 2 unspecified atom stereocenters. The quantitative estimate of drug-likeness (QED) is 0.275. The topological polar surface area (TPSA) is 110 Å². The lowest BCUT2D eigenvalue weighted by Crippen LogP contribution is -2.20. The largest absolute Gasteiger partial charge is 0.388 e. The Labute approximate surface area is 202 Å². The van der Waals surface area contributed by atoms with Crippen LogP contribution in [0, 0.1) is 0 Å². The van der Waals surface area contributed by atoms with Crippen LogP contribution in [-0.2, 0) is 11.8 Å². The van der Waals surface area contributed by atoms with Crippen molar-refractivity contribution in [3.63, 3.8) is 0 Å². The fourth-order valence-electron chi connectivity index (χ4n) is 3.73. The average Bonchev–Trinajstić information content (AvgIpc) is 3.45. The summed E-state index contributed by atoms with van der Waals surface area (Å²) in [6, 6.07) is 16.0. The number of amides is 1. The second-order valence-corrected chi connectivity index (χ2v) is 8.39. The van der Waals surface area contributed by atoms with Gasteiger partial charge in [0, 0.05) is 52.9 Å². The van der Waals surface area contributed by atoms with Crippen molar-refractivity contribution in [2.24, 2.45) is 17.9 Å². The highest BCUT2D eigenvalue weighted by molar-refractivity contribution is 6.30. The van der Waals surface area contributed by atoms with Crippen LogP contribution >= 0.6 is 11.6 Å². The van der Waals surface area contributed by atoms with E-state index in [1.54, 1.807) is 52.0 Å². The standard InChI is InChI=1S/C25H25ClN6O2/c1-16(23-11-19(14-32(23)29-15-27)20-12-28-31(2)13-20)17-5-9-22(10-6-17)30-25(34)24(33)18-3-7-21(26)8-4-18/h3-16,24,33H,1-2H3,(H2,27,29)(H,30,34). The molecule has 0 saturated heterocycles. The molecule has 0 radical (unpaired) electrons. The molecule has 34 heavy (non-hydrogen) atoms. The Morgan fingerprint density at radius 2 is 1.79 bits per heavy atom. The van der Waals surface area contributed by atoms with Crippen LogP contribution in [-0.4, -0.2) is 31.8 Å². The third kappa shape index (κ3) is 5.03. The van der Waals surface area contributed by atoms with Crippen molar-refractivity contribution in [1.82, 2.24) is 14.5 Å². The molecule has 0 aliphatic carbocycles. The Balaban J connectivity index is 1.51. The maximum absolute atomic E-state index is 12.5. The van der Waals surface area contributed by atoms with Gasteiger partial charge in [-0.1, -0.05) is 42.8 Å². The summed E-state index contributed by atoms with van der Waals surface area (Å²) in [5.74, 6) is -0.520. The monoisotopic (exact) mass is 476 g/mol. The van der Waals surface area contributed by atoms with Crippen LogP contribution in [0.25, 0.3) is 11.1 Å². The molecule has 0 fully saturated rings. The van der Waals surface area contributed by atoms with Gasteiger partial charge in [0.2, 0.25) is 0 Å². The SMILES string of the molecule is CC(c1ccc(NC(=O)C(O)c2ccc(Cl)cc2)cc1)c1cc(-c2cnn(C)c2)cn1/N=C\N. The third-order valence-corrected chi connectivity index (χ3v) is 5.87. The molecular weight excluding hydrogens is 452 g/mol. The summed E-state index contributed by atoms with van der Waals surface area (Å²) < 4.78 is 3.50. The van der Waals surface area contributed by atoms with Crippen LogP contribution in [0.2, 0.25) is 5.02 Å². The summed E-state index contributed by atoms with van der Waals surface area (Å²) in [5, 5.41) is 22.1. The number of halogens is 1. The zero-order chi connectivity index (χ0) is 24.2. The molecule has 0 bridgehead atoms.